The van der Waals surface area contributed by atoms with Gasteiger partial charge >= 0.3 is 6.18 Å². The Morgan fingerprint density at radius 3 is 2.56 bits per heavy atom. The Morgan fingerprint density at radius 1 is 1.31 bits per heavy atom. The van der Waals surface area contributed by atoms with Gasteiger partial charge < -0.3 is 20.5 Å². The Morgan fingerprint density at radius 2 is 2.00 bits per heavy atom. The maximum absolute atomic E-state index is 14.6. The van der Waals surface area contributed by atoms with Crippen molar-refractivity contribution in [2.45, 2.75) is 31.2 Å². The molecule has 1 aromatic carbocycles. The lowest BCUT2D eigenvalue weighted by Gasteiger charge is -2.41. The molecule has 172 valence electrons. The Hall–Kier alpha value is -2.92. The number of nitrogens with zero attached hydrogens (tertiary/aromatic N) is 2. The highest BCUT2D eigenvalue weighted by Crippen LogP contribution is 2.41. The minimum Gasteiger partial charge on any atom is -0.495 e. The van der Waals surface area contributed by atoms with Crippen molar-refractivity contribution in [3.8, 4) is 5.75 Å². The number of nitrogens with one attached hydrogen (secondary N) is 1. The quantitative estimate of drug-likeness (QED) is 0.651. The SMILES string of the molecule is COc1cnc(C(=O)Nc2ccc(F)c([C@]3(C)CO[C@@](C)(C(F)(F)F)C(N)=N3)c2)c(Cl)c1. The van der Waals surface area contributed by atoms with E-state index in [0.29, 0.717) is 5.75 Å². The van der Waals surface area contributed by atoms with Crippen molar-refractivity contribution >= 4 is 29.0 Å². The van der Waals surface area contributed by atoms with Crippen molar-refractivity contribution in [1.29, 1.82) is 0 Å². The maximum atomic E-state index is 14.6. The fraction of sp³-hybridized carbons (Fsp3) is 0.350. The average Bonchev–Trinajstić information content (AvgIpc) is 2.71. The smallest absolute Gasteiger partial charge is 0.424 e. The van der Waals surface area contributed by atoms with Gasteiger partial charge in [-0.25, -0.2) is 9.37 Å². The molecule has 1 aromatic heterocycles. The highest BCUT2D eigenvalue weighted by molar-refractivity contribution is 6.34. The van der Waals surface area contributed by atoms with Gasteiger partial charge in [0.05, 0.1) is 24.9 Å². The van der Waals surface area contributed by atoms with Gasteiger partial charge in [0.2, 0.25) is 5.60 Å². The van der Waals surface area contributed by atoms with E-state index in [4.69, 9.17) is 26.8 Å². The molecule has 0 aliphatic carbocycles. The number of methoxy groups -OCH3 is 1. The summed E-state index contributed by atoms with van der Waals surface area (Å²) in [6.45, 7) is 1.54. The summed E-state index contributed by atoms with van der Waals surface area (Å²) in [4.78, 5) is 20.4. The Kier molecular flexibility index (Phi) is 6.09. The number of carbonyl (C=O) groups excluding carboxylic acids is 1. The molecule has 7 nitrogen and oxygen atoms in total. The van der Waals surface area contributed by atoms with Crippen LogP contribution in [-0.4, -0.2) is 42.2 Å². The van der Waals surface area contributed by atoms with E-state index in [-0.39, 0.29) is 22.0 Å². The van der Waals surface area contributed by atoms with Crippen molar-refractivity contribution in [3.05, 3.63) is 52.6 Å². The van der Waals surface area contributed by atoms with Gasteiger partial charge in [-0.15, -0.1) is 0 Å². The summed E-state index contributed by atoms with van der Waals surface area (Å²) in [7, 11) is 1.41. The third-order valence-corrected chi connectivity index (χ3v) is 5.40. The number of hydrogen-bond acceptors (Lipinski definition) is 6. The third-order valence-electron chi connectivity index (χ3n) is 5.11. The van der Waals surface area contributed by atoms with Crippen LogP contribution in [0.3, 0.4) is 0 Å². The third kappa shape index (κ3) is 4.22. The van der Waals surface area contributed by atoms with E-state index in [9.17, 15) is 22.4 Å². The van der Waals surface area contributed by atoms with Crippen molar-refractivity contribution in [2.75, 3.05) is 19.0 Å². The summed E-state index contributed by atoms with van der Waals surface area (Å²) in [6, 6.07) is 4.95. The standard InChI is InChI=1S/C20H19ClF4N4O3/c1-18(9-32-19(2,17(26)29-18)20(23,24)25)12-6-10(4-5-14(12)22)28-16(30)15-13(21)7-11(31-3)8-27-15/h4-8H,9H2,1-3H3,(H2,26,29)(H,28,30)/t18-,19+/m0/s1. The highest BCUT2D eigenvalue weighted by atomic mass is 35.5. The summed E-state index contributed by atoms with van der Waals surface area (Å²) >= 11 is 6.05. The van der Waals surface area contributed by atoms with Gasteiger partial charge in [0.25, 0.3) is 5.91 Å². The predicted octanol–water partition coefficient (Wildman–Crippen LogP) is 4.06. The zero-order valence-corrected chi connectivity index (χ0v) is 17.9. The van der Waals surface area contributed by atoms with Crippen molar-refractivity contribution in [1.82, 2.24) is 4.98 Å². The minimum atomic E-state index is -4.80. The number of pyridine rings is 1. The number of benzene rings is 1. The van der Waals surface area contributed by atoms with Gasteiger partial charge in [-0.05, 0) is 32.0 Å². The lowest BCUT2D eigenvalue weighted by Crippen LogP contribution is -2.60. The van der Waals surface area contributed by atoms with Crippen LogP contribution in [0.1, 0.15) is 29.9 Å². The number of amides is 1. The number of ether oxygens (including phenoxy) is 2. The monoisotopic (exact) mass is 474 g/mol. The molecule has 1 amide bonds. The summed E-state index contributed by atoms with van der Waals surface area (Å²) in [5.41, 5.74) is 1.15. The first-order valence-corrected chi connectivity index (χ1v) is 9.56. The number of aliphatic imine (C=N–C) groups is 1. The van der Waals surface area contributed by atoms with E-state index in [1.54, 1.807) is 0 Å². The topological polar surface area (TPSA) is 98.8 Å². The van der Waals surface area contributed by atoms with E-state index in [0.717, 1.165) is 13.0 Å². The molecule has 0 unspecified atom stereocenters. The molecule has 0 saturated carbocycles. The van der Waals surface area contributed by atoms with Crippen LogP contribution in [0.4, 0.5) is 23.2 Å². The second-order valence-corrected chi connectivity index (χ2v) is 7.85. The molecule has 32 heavy (non-hydrogen) atoms. The first-order chi connectivity index (χ1) is 14.8. The van der Waals surface area contributed by atoms with Crippen LogP contribution in [0.25, 0.3) is 0 Å². The Balaban J connectivity index is 1.92. The van der Waals surface area contributed by atoms with E-state index in [1.165, 1.54) is 38.4 Å². The van der Waals surface area contributed by atoms with E-state index in [1.807, 2.05) is 0 Å². The molecule has 0 spiro atoms. The molecule has 0 fully saturated rings. The molecule has 12 heteroatoms. The molecule has 2 aromatic rings. The van der Waals surface area contributed by atoms with Gasteiger partial charge in [-0.1, -0.05) is 11.6 Å². The zero-order chi connectivity index (χ0) is 23.9. The Bertz CT molecular complexity index is 1090. The van der Waals surface area contributed by atoms with Crippen LogP contribution in [0.5, 0.6) is 5.75 Å². The van der Waals surface area contributed by atoms with Gasteiger partial charge in [0.15, 0.2) is 0 Å². The van der Waals surface area contributed by atoms with Crippen molar-refractivity contribution in [2.24, 2.45) is 10.7 Å². The van der Waals surface area contributed by atoms with Gasteiger partial charge in [0, 0.05) is 17.3 Å². The number of rotatable bonds is 4. The molecular weight excluding hydrogens is 456 g/mol. The molecule has 1 aliphatic rings. The highest BCUT2D eigenvalue weighted by Gasteiger charge is 2.59. The molecule has 0 saturated heterocycles. The first kappa shape index (κ1) is 23.7. The first-order valence-electron chi connectivity index (χ1n) is 9.18. The number of alkyl halides is 3. The lowest BCUT2D eigenvalue weighted by molar-refractivity contribution is -0.249. The molecule has 0 bridgehead atoms. The largest absolute Gasteiger partial charge is 0.495 e. The van der Waals surface area contributed by atoms with E-state index >= 15 is 0 Å². The Labute approximate surface area is 185 Å². The predicted molar refractivity (Wildman–Crippen MR) is 110 cm³/mol. The van der Waals surface area contributed by atoms with Crippen LogP contribution in [0, 0.1) is 5.82 Å². The summed E-state index contributed by atoms with van der Waals surface area (Å²) in [6.07, 6.45) is -3.51. The molecule has 2 heterocycles. The number of halogens is 5. The van der Waals surface area contributed by atoms with Crippen LogP contribution in [0.15, 0.2) is 35.5 Å². The fourth-order valence-electron chi connectivity index (χ4n) is 3.03. The summed E-state index contributed by atoms with van der Waals surface area (Å²) in [5.74, 6) is -1.93. The van der Waals surface area contributed by atoms with E-state index in [2.05, 4.69) is 15.3 Å². The van der Waals surface area contributed by atoms with Crippen LogP contribution in [0.2, 0.25) is 5.02 Å². The second-order valence-electron chi connectivity index (χ2n) is 7.44. The summed E-state index contributed by atoms with van der Waals surface area (Å²) in [5, 5.41) is 2.55. The number of nitrogens with two attached hydrogens (primary N) is 1. The lowest BCUT2D eigenvalue weighted by atomic mass is 9.89. The van der Waals surface area contributed by atoms with E-state index < -0.39 is 41.5 Å². The molecule has 3 N–H and O–H groups in total. The van der Waals surface area contributed by atoms with Gasteiger partial charge in [-0.2, -0.15) is 13.2 Å². The average molecular weight is 475 g/mol. The number of carbonyl (C=O) groups is 1. The van der Waals surface area contributed by atoms with Crippen LogP contribution < -0.4 is 15.8 Å². The minimum absolute atomic E-state index is 0.0284. The number of amidine groups is 1. The summed E-state index contributed by atoms with van der Waals surface area (Å²) < 4.78 is 64.6. The van der Waals surface area contributed by atoms with Crippen LogP contribution in [-0.2, 0) is 10.3 Å². The molecular formula is C20H19ClF4N4O3. The van der Waals surface area contributed by atoms with Crippen LogP contribution >= 0.6 is 11.6 Å². The second kappa shape index (κ2) is 8.21. The molecule has 2 atom stereocenters. The van der Waals surface area contributed by atoms with Gasteiger partial charge in [0.1, 0.15) is 28.6 Å². The maximum Gasteiger partial charge on any atom is 0.424 e. The molecule has 1 aliphatic heterocycles. The zero-order valence-electron chi connectivity index (χ0n) is 17.2. The molecule has 0 radical (unpaired) electrons. The normalized spacial score (nSPS) is 23.4. The number of aromatic nitrogens is 1. The van der Waals surface area contributed by atoms with Gasteiger partial charge in [-0.3, -0.25) is 9.79 Å². The van der Waals surface area contributed by atoms with Crippen molar-refractivity contribution in [3.63, 3.8) is 0 Å². The fourth-order valence-corrected chi connectivity index (χ4v) is 3.28. The number of anilines is 1. The number of hydrogen-bond donors (Lipinski definition) is 2. The van der Waals surface area contributed by atoms with Crippen molar-refractivity contribution < 1.29 is 31.8 Å². The molecule has 3 rings (SSSR count).